The molecule has 0 saturated carbocycles. The third kappa shape index (κ3) is 8.76. The van der Waals surface area contributed by atoms with Crippen molar-refractivity contribution < 1.29 is 17.8 Å². The third-order valence-corrected chi connectivity index (χ3v) is 8.32. The van der Waals surface area contributed by atoms with Crippen LogP contribution >= 0.6 is 11.6 Å². The molecule has 0 radical (unpaired) electrons. The summed E-state index contributed by atoms with van der Waals surface area (Å²) in [6.45, 7) is 3.55. The molecule has 1 amide bonds. The van der Waals surface area contributed by atoms with Crippen molar-refractivity contribution in [2.24, 2.45) is 5.92 Å². The second kappa shape index (κ2) is 14.1. The van der Waals surface area contributed by atoms with Crippen molar-refractivity contribution >= 4 is 33.3 Å². The minimum atomic E-state index is -4.02. The fourth-order valence-electron chi connectivity index (χ4n) is 5.16. The smallest absolute Gasteiger partial charge is 0.294 e. The van der Waals surface area contributed by atoms with Crippen molar-refractivity contribution in [2.75, 3.05) is 32.1 Å². The normalized spacial score (nSPS) is 14.6. The molecule has 0 fully saturated rings. The lowest BCUT2D eigenvalue weighted by Crippen LogP contribution is -2.43. The van der Waals surface area contributed by atoms with Crippen molar-refractivity contribution in [3.05, 3.63) is 119 Å². The van der Waals surface area contributed by atoms with Crippen LogP contribution < -0.4 is 4.90 Å². The van der Waals surface area contributed by atoms with Gasteiger partial charge < -0.3 is 9.80 Å². The minimum absolute atomic E-state index is 0.0666. The maximum absolute atomic E-state index is 13.2. The molecule has 5 rings (SSSR count). The molecule has 1 atom stereocenters. The Morgan fingerprint density at radius 3 is 2.19 bits per heavy atom. The molecule has 42 heavy (non-hydrogen) atoms. The molecule has 6 nitrogen and oxygen atoms in total. The lowest BCUT2D eigenvalue weighted by Gasteiger charge is -2.36. The molecule has 220 valence electrons. The number of carbonyl (C=O) groups is 1. The fourth-order valence-corrected chi connectivity index (χ4v) is 5.81. The number of nitrogens with zero attached hydrogens (tertiary/aromatic N) is 2. The predicted molar refractivity (Wildman–Crippen MR) is 171 cm³/mol. The lowest BCUT2D eigenvalue weighted by molar-refractivity contribution is -0.118. The predicted octanol–water partition coefficient (Wildman–Crippen LogP) is 6.95. The molecule has 0 bridgehead atoms. The highest BCUT2D eigenvalue weighted by Crippen LogP contribution is 2.33. The van der Waals surface area contributed by atoms with Gasteiger partial charge in [0.05, 0.1) is 4.90 Å². The van der Waals surface area contributed by atoms with Crippen LogP contribution in [0.3, 0.4) is 0 Å². The fraction of sp³-hybridized carbons (Fsp3) is 0.265. The van der Waals surface area contributed by atoms with Gasteiger partial charge in [0.1, 0.15) is 0 Å². The molecule has 1 N–H and O–H groups in total. The van der Waals surface area contributed by atoms with Gasteiger partial charge in [-0.25, -0.2) is 0 Å². The highest BCUT2D eigenvalue weighted by atomic mass is 35.5. The molecule has 1 aliphatic heterocycles. The van der Waals surface area contributed by atoms with Crippen molar-refractivity contribution in [2.45, 2.75) is 31.1 Å². The molecular weight excluding hydrogens is 568 g/mol. The summed E-state index contributed by atoms with van der Waals surface area (Å²) < 4.78 is 29.6. The number of hydrogen-bond donors (Lipinski definition) is 1. The molecule has 1 unspecified atom stereocenters. The quantitative estimate of drug-likeness (QED) is 0.231. The van der Waals surface area contributed by atoms with Crippen molar-refractivity contribution in [1.82, 2.24) is 4.90 Å². The van der Waals surface area contributed by atoms with E-state index in [0.717, 1.165) is 37.2 Å². The monoisotopic (exact) mass is 604 g/mol. The number of anilines is 1. The number of fused-ring (bicyclic) bond motifs is 1. The van der Waals surface area contributed by atoms with E-state index in [1.165, 1.54) is 34.4 Å². The Hall–Kier alpha value is -3.49. The second-order valence-corrected chi connectivity index (χ2v) is 12.8. The van der Waals surface area contributed by atoms with E-state index in [-0.39, 0.29) is 10.8 Å². The van der Waals surface area contributed by atoms with Crippen molar-refractivity contribution in [1.29, 1.82) is 0 Å². The summed E-state index contributed by atoms with van der Waals surface area (Å²) >= 11 is 6.26. The second-order valence-electron chi connectivity index (χ2n) is 11.0. The van der Waals surface area contributed by atoms with Gasteiger partial charge >= 0.3 is 0 Å². The maximum Gasteiger partial charge on any atom is 0.294 e. The lowest BCUT2D eigenvalue weighted by atomic mass is 9.91. The molecule has 0 saturated heterocycles. The Labute approximate surface area is 254 Å². The van der Waals surface area contributed by atoms with Crippen LogP contribution in [-0.2, 0) is 27.8 Å². The average Bonchev–Trinajstić information content (AvgIpc) is 2.96. The van der Waals surface area contributed by atoms with Crippen molar-refractivity contribution in [3.8, 4) is 11.1 Å². The largest absolute Gasteiger partial charge is 0.312 e. The molecule has 4 aromatic carbocycles. The summed E-state index contributed by atoms with van der Waals surface area (Å²) in [5.41, 5.74) is 6.73. The molecule has 1 aliphatic rings. The maximum atomic E-state index is 13.2. The topological polar surface area (TPSA) is 77.9 Å². The van der Waals surface area contributed by atoms with Crippen LogP contribution in [-0.4, -0.2) is 51.0 Å². The van der Waals surface area contributed by atoms with E-state index in [0.29, 0.717) is 17.4 Å². The third-order valence-electron chi connectivity index (χ3n) is 7.22. The van der Waals surface area contributed by atoms with Gasteiger partial charge in [-0.15, -0.1) is 0 Å². The number of halogens is 1. The van der Waals surface area contributed by atoms with Gasteiger partial charge in [0.25, 0.3) is 10.1 Å². The summed E-state index contributed by atoms with van der Waals surface area (Å²) in [6, 6.07) is 30.8. The highest BCUT2D eigenvalue weighted by Gasteiger charge is 2.28. The van der Waals surface area contributed by atoms with Gasteiger partial charge in [-0.2, -0.15) is 8.42 Å². The number of aryl methyl sites for hydroxylation is 2. The SMILES string of the molecule is CN(C)CC1Cc2ccc(Cl)cc2N(C(=O)CCc2ccc(-c3ccccc3)cc2)C1.Cc1ccc(S(=O)(=O)O)cc1. The molecule has 0 aliphatic carbocycles. The first-order valence-corrected chi connectivity index (χ1v) is 15.7. The van der Waals surface area contributed by atoms with E-state index >= 15 is 0 Å². The zero-order chi connectivity index (χ0) is 30.3. The molecule has 0 spiro atoms. The van der Waals surface area contributed by atoms with Crippen LogP contribution in [0.15, 0.2) is 102 Å². The molecule has 4 aromatic rings. The van der Waals surface area contributed by atoms with Gasteiger partial charge in [-0.05, 0) is 86.3 Å². The van der Waals surface area contributed by atoms with E-state index in [1.807, 2.05) is 42.2 Å². The van der Waals surface area contributed by atoms with Crippen LogP contribution in [0.4, 0.5) is 5.69 Å². The van der Waals surface area contributed by atoms with Crippen LogP contribution in [0, 0.1) is 12.8 Å². The first kappa shape index (κ1) is 31.4. The molecular formula is C34H37ClN2O4S. The number of hydrogen-bond acceptors (Lipinski definition) is 4. The standard InChI is InChI=1S/C27H29ClN2O.C7H8O3S/c1-29(2)18-21-16-24-13-14-25(28)17-26(24)30(19-21)27(31)15-10-20-8-11-23(12-9-20)22-6-4-3-5-7-22;1-6-2-4-7(5-3-6)11(8,9)10/h3-9,11-14,17,21H,10,15-16,18-19H2,1-2H3;2-5H,1H3,(H,8,9,10). The van der Waals surface area contributed by atoms with Gasteiger partial charge in [0.2, 0.25) is 5.91 Å². The van der Waals surface area contributed by atoms with E-state index < -0.39 is 10.1 Å². The Morgan fingerprint density at radius 1 is 0.929 bits per heavy atom. The first-order valence-electron chi connectivity index (χ1n) is 13.9. The van der Waals surface area contributed by atoms with Gasteiger partial charge in [-0.1, -0.05) is 90.0 Å². The summed E-state index contributed by atoms with van der Waals surface area (Å²) in [5, 5.41) is 0.680. The number of benzene rings is 4. The Morgan fingerprint density at radius 2 is 1.57 bits per heavy atom. The molecule has 1 heterocycles. The van der Waals surface area contributed by atoms with Crippen LogP contribution in [0.1, 0.15) is 23.1 Å². The number of amides is 1. The van der Waals surface area contributed by atoms with E-state index in [1.54, 1.807) is 12.1 Å². The average molecular weight is 605 g/mol. The van der Waals surface area contributed by atoms with E-state index in [2.05, 4.69) is 61.5 Å². The van der Waals surface area contributed by atoms with Gasteiger partial charge in [0.15, 0.2) is 0 Å². The highest BCUT2D eigenvalue weighted by molar-refractivity contribution is 7.85. The summed E-state index contributed by atoms with van der Waals surface area (Å²) in [7, 11) is 0.152. The zero-order valence-corrected chi connectivity index (χ0v) is 25.8. The van der Waals surface area contributed by atoms with Crippen molar-refractivity contribution in [3.63, 3.8) is 0 Å². The summed E-state index contributed by atoms with van der Waals surface area (Å²) in [4.78, 5) is 17.3. The van der Waals surface area contributed by atoms with Gasteiger partial charge in [-0.3, -0.25) is 9.35 Å². The molecule has 0 aromatic heterocycles. The van der Waals surface area contributed by atoms with Crippen LogP contribution in [0.5, 0.6) is 0 Å². The van der Waals surface area contributed by atoms with Crippen LogP contribution in [0.25, 0.3) is 11.1 Å². The number of carbonyl (C=O) groups excluding carboxylic acids is 1. The van der Waals surface area contributed by atoms with Crippen LogP contribution in [0.2, 0.25) is 5.02 Å². The van der Waals surface area contributed by atoms with E-state index in [9.17, 15) is 13.2 Å². The zero-order valence-electron chi connectivity index (χ0n) is 24.2. The molecule has 8 heteroatoms. The Balaban J connectivity index is 0.000000310. The van der Waals surface area contributed by atoms with Gasteiger partial charge in [0, 0.05) is 30.2 Å². The first-order chi connectivity index (χ1) is 20.0. The summed E-state index contributed by atoms with van der Waals surface area (Å²) in [5.74, 6) is 0.594. The Kier molecular flexibility index (Phi) is 10.6. The Bertz CT molecular complexity index is 1590. The summed E-state index contributed by atoms with van der Waals surface area (Å²) in [6.07, 6.45) is 2.21. The number of rotatable bonds is 7. The minimum Gasteiger partial charge on any atom is -0.312 e. The van der Waals surface area contributed by atoms with E-state index in [4.69, 9.17) is 16.2 Å².